The van der Waals surface area contributed by atoms with Gasteiger partial charge in [-0.25, -0.2) is 0 Å². The number of ketones is 1. The lowest BCUT2D eigenvalue weighted by Gasteiger charge is -2.25. The number of phenols is 1. The fourth-order valence-electron chi connectivity index (χ4n) is 2.37. The van der Waals surface area contributed by atoms with Gasteiger partial charge >= 0.3 is 0 Å². The predicted octanol–water partition coefficient (Wildman–Crippen LogP) is 0.436. The molecule has 0 saturated heterocycles. The molecule has 0 aromatic heterocycles. The maximum absolute atomic E-state index is 11.9. The van der Waals surface area contributed by atoms with E-state index in [1.165, 1.54) is 13.2 Å². The number of rotatable bonds is 3. The number of aromatic hydroxyl groups is 1. The minimum atomic E-state index is -1.35. The molecule has 1 aromatic carbocycles. The molecule has 104 valence electrons. The zero-order valence-corrected chi connectivity index (χ0v) is 10.5. The number of carbonyl (C=O) groups is 1. The molecule has 6 nitrogen and oxygen atoms in total. The SMILES string of the molecule is COc1cc2c(c(O)c1[C@@H](O)CO)C(=O)CC[C@H]2O. The van der Waals surface area contributed by atoms with Crippen LogP contribution in [-0.4, -0.2) is 39.9 Å². The van der Waals surface area contributed by atoms with Crippen molar-refractivity contribution in [3.8, 4) is 11.5 Å². The summed E-state index contributed by atoms with van der Waals surface area (Å²) in [5.74, 6) is -0.599. The van der Waals surface area contributed by atoms with Crippen molar-refractivity contribution in [2.24, 2.45) is 0 Å². The van der Waals surface area contributed by atoms with Crippen LogP contribution >= 0.6 is 0 Å². The van der Waals surface area contributed by atoms with Gasteiger partial charge in [0.25, 0.3) is 0 Å². The van der Waals surface area contributed by atoms with E-state index in [-0.39, 0.29) is 35.5 Å². The third-order valence-electron chi connectivity index (χ3n) is 3.34. The molecule has 0 aliphatic heterocycles. The molecule has 0 radical (unpaired) electrons. The number of Topliss-reactive ketones (excluding diaryl/α,β-unsaturated/α-hetero) is 1. The number of aliphatic hydroxyl groups excluding tert-OH is 3. The summed E-state index contributed by atoms with van der Waals surface area (Å²) >= 11 is 0. The molecule has 0 spiro atoms. The van der Waals surface area contributed by atoms with Gasteiger partial charge in [0.1, 0.15) is 17.6 Å². The highest BCUT2D eigenvalue weighted by molar-refractivity contribution is 6.02. The summed E-state index contributed by atoms with van der Waals surface area (Å²) < 4.78 is 5.05. The molecule has 4 N–H and O–H groups in total. The van der Waals surface area contributed by atoms with Crippen LogP contribution in [0.2, 0.25) is 0 Å². The molecule has 0 fully saturated rings. The molecule has 0 unspecified atom stereocenters. The van der Waals surface area contributed by atoms with Crippen molar-refractivity contribution in [3.63, 3.8) is 0 Å². The minimum Gasteiger partial charge on any atom is -0.507 e. The molecular formula is C13H16O6. The van der Waals surface area contributed by atoms with Crippen LogP contribution in [0, 0.1) is 0 Å². The van der Waals surface area contributed by atoms with Crippen molar-refractivity contribution in [1.82, 2.24) is 0 Å². The first kappa shape index (κ1) is 13.8. The maximum Gasteiger partial charge on any atom is 0.167 e. The Morgan fingerprint density at radius 3 is 2.79 bits per heavy atom. The van der Waals surface area contributed by atoms with Crippen molar-refractivity contribution < 1.29 is 30.0 Å². The number of methoxy groups -OCH3 is 1. The van der Waals surface area contributed by atoms with Crippen LogP contribution in [0.15, 0.2) is 6.07 Å². The Morgan fingerprint density at radius 1 is 1.53 bits per heavy atom. The molecule has 2 rings (SSSR count). The molecule has 0 heterocycles. The van der Waals surface area contributed by atoms with Crippen molar-refractivity contribution in [1.29, 1.82) is 0 Å². The highest BCUT2D eigenvalue weighted by atomic mass is 16.5. The quantitative estimate of drug-likeness (QED) is 0.633. The standard InChI is InChI=1S/C13H16O6/c1-19-10-4-6-7(15)2-3-8(16)11(6)13(18)12(10)9(17)5-14/h4,7,9,14-15,17-18H,2-3,5H2,1H3/t7-,9+/m1/s1. The lowest BCUT2D eigenvalue weighted by atomic mass is 9.85. The number of phenolic OH excluding ortho intramolecular Hbond substituents is 1. The largest absolute Gasteiger partial charge is 0.507 e. The topological polar surface area (TPSA) is 107 Å². The minimum absolute atomic E-state index is 0.00190. The smallest absolute Gasteiger partial charge is 0.167 e. The van der Waals surface area contributed by atoms with Gasteiger partial charge in [-0.15, -0.1) is 0 Å². The molecule has 1 aliphatic carbocycles. The van der Waals surface area contributed by atoms with Crippen LogP contribution in [0.3, 0.4) is 0 Å². The van der Waals surface area contributed by atoms with Crippen LogP contribution in [0.1, 0.15) is 46.5 Å². The number of benzene rings is 1. The van der Waals surface area contributed by atoms with Crippen molar-refractivity contribution in [3.05, 3.63) is 22.8 Å². The van der Waals surface area contributed by atoms with E-state index in [0.717, 1.165) is 0 Å². The fourth-order valence-corrected chi connectivity index (χ4v) is 2.37. The van der Waals surface area contributed by atoms with E-state index >= 15 is 0 Å². The molecule has 0 amide bonds. The van der Waals surface area contributed by atoms with Gasteiger partial charge in [0.2, 0.25) is 0 Å². The average molecular weight is 268 g/mol. The maximum atomic E-state index is 11.9. The summed E-state index contributed by atoms with van der Waals surface area (Å²) in [5, 5.41) is 38.7. The summed E-state index contributed by atoms with van der Waals surface area (Å²) in [5.41, 5.74) is 0.257. The molecule has 6 heteroatoms. The molecule has 19 heavy (non-hydrogen) atoms. The van der Waals surface area contributed by atoms with E-state index < -0.39 is 24.6 Å². The Kier molecular flexibility index (Phi) is 3.75. The number of carbonyl (C=O) groups excluding carboxylic acids is 1. The first-order valence-electron chi connectivity index (χ1n) is 5.95. The highest BCUT2D eigenvalue weighted by Gasteiger charge is 2.32. The Morgan fingerprint density at radius 2 is 2.21 bits per heavy atom. The molecule has 1 aliphatic rings. The van der Waals surface area contributed by atoms with E-state index in [1.54, 1.807) is 0 Å². The van der Waals surface area contributed by atoms with Crippen LogP contribution < -0.4 is 4.74 Å². The lowest BCUT2D eigenvalue weighted by Crippen LogP contribution is -2.18. The third-order valence-corrected chi connectivity index (χ3v) is 3.34. The molecule has 0 bridgehead atoms. The zero-order chi connectivity index (χ0) is 14.2. The van der Waals surface area contributed by atoms with E-state index in [0.29, 0.717) is 5.56 Å². The van der Waals surface area contributed by atoms with Gasteiger partial charge in [-0.05, 0) is 18.1 Å². The number of aliphatic hydroxyl groups is 3. The summed E-state index contributed by atoms with van der Waals surface area (Å²) in [4.78, 5) is 11.9. The number of fused-ring (bicyclic) bond motifs is 1. The van der Waals surface area contributed by atoms with Gasteiger partial charge in [-0.1, -0.05) is 0 Å². The van der Waals surface area contributed by atoms with Crippen molar-refractivity contribution in [2.75, 3.05) is 13.7 Å². The molecule has 1 aromatic rings. The second kappa shape index (κ2) is 5.16. The summed E-state index contributed by atoms with van der Waals surface area (Å²) in [6, 6.07) is 1.42. The second-order valence-electron chi connectivity index (χ2n) is 4.48. The van der Waals surface area contributed by atoms with Crippen molar-refractivity contribution in [2.45, 2.75) is 25.0 Å². The first-order valence-corrected chi connectivity index (χ1v) is 5.95. The Hall–Kier alpha value is -1.63. The van der Waals surface area contributed by atoms with Gasteiger partial charge in [0, 0.05) is 6.42 Å². The van der Waals surface area contributed by atoms with E-state index in [2.05, 4.69) is 0 Å². The summed E-state index contributed by atoms with van der Waals surface area (Å²) in [7, 11) is 1.34. The third kappa shape index (κ3) is 2.18. The summed E-state index contributed by atoms with van der Waals surface area (Å²) in [6.07, 6.45) is -1.79. The number of ether oxygens (including phenoxy) is 1. The van der Waals surface area contributed by atoms with E-state index in [1.807, 2.05) is 0 Å². The zero-order valence-electron chi connectivity index (χ0n) is 10.5. The highest BCUT2D eigenvalue weighted by Crippen LogP contribution is 2.43. The Balaban J connectivity index is 2.70. The number of hydrogen-bond acceptors (Lipinski definition) is 6. The van der Waals surface area contributed by atoms with Gasteiger partial charge in [-0.3, -0.25) is 4.79 Å². The number of hydrogen-bond donors (Lipinski definition) is 4. The van der Waals surface area contributed by atoms with E-state index in [9.17, 15) is 20.1 Å². The average Bonchev–Trinajstić information content (AvgIpc) is 2.41. The van der Waals surface area contributed by atoms with Crippen LogP contribution in [0.5, 0.6) is 11.5 Å². The van der Waals surface area contributed by atoms with Gasteiger partial charge in [-0.2, -0.15) is 0 Å². The van der Waals surface area contributed by atoms with Crippen LogP contribution in [-0.2, 0) is 0 Å². The molecular weight excluding hydrogens is 252 g/mol. The Bertz CT molecular complexity index is 510. The van der Waals surface area contributed by atoms with Crippen molar-refractivity contribution >= 4 is 5.78 Å². The van der Waals surface area contributed by atoms with Gasteiger partial charge in [0.05, 0.1) is 30.9 Å². The monoisotopic (exact) mass is 268 g/mol. The van der Waals surface area contributed by atoms with Gasteiger partial charge < -0.3 is 25.2 Å². The first-order chi connectivity index (χ1) is 9.01. The van der Waals surface area contributed by atoms with Crippen LogP contribution in [0.25, 0.3) is 0 Å². The van der Waals surface area contributed by atoms with Crippen LogP contribution in [0.4, 0.5) is 0 Å². The normalized spacial score (nSPS) is 20.0. The lowest BCUT2D eigenvalue weighted by molar-refractivity contribution is 0.0860. The molecule has 2 atom stereocenters. The fraction of sp³-hybridized carbons (Fsp3) is 0.462. The van der Waals surface area contributed by atoms with E-state index in [4.69, 9.17) is 9.84 Å². The molecule has 0 saturated carbocycles. The van der Waals surface area contributed by atoms with Gasteiger partial charge in [0.15, 0.2) is 5.78 Å². The Labute approximate surface area is 109 Å². The summed E-state index contributed by atoms with van der Waals surface area (Å²) in [6.45, 7) is -0.612. The second-order valence-corrected chi connectivity index (χ2v) is 4.48. The predicted molar refractivity (Wildman–Crippen MR) is 65.2 cm³/mol.